The Bertz CT molecular complexity index is 250. The minimum Gasteiger partial charge on any atom is -0.353 e. The van der Waals surface area contributed by atoms with Gasteiger partial charge in [-0.15, -0.1) is 0 Å². The zero-order valence-corrected chi connectivity index (χ0v) is 16.4. The van der Waals surface area contributed by atoms with Gasteiger partial charge in [-0.05, 0) is 25.7 Å². The zero-order chi connectivity index (χ0) is 17.0. The largest absolute Gasteiger partial charge is 0.353 e. The summed E-state index contributed by atoms with van der Waals surface area (Å²) in [7, 11) is 1.77. The number of hydrogen-bond acceptors (Lipinski definition) is 2. The lowest BCUT2D eigenvalue weighted by atomic mass is 9.81. The van der Waals surface area contributed by atoms with Crippen molar-refractivity contribution in [2.45, 2.75) is 111 Å². The fourth-order valence-electron chi connectivity index (χ4n) is 3.78. The molecular weight excluding hydrogens is 272 g/mol. The molecule has 0 aromatic rings. The summed E-state index contributed by atoms with van der Waals surface area (Å²) >= 11 is 0. The van der Waals surface area contributed by atoms with Crippen LogP contribution in [0, 0.1) is 11.8 Å². The second-order valence-electron chi connectivity index (χ2n) is 6.81. The Kier molecular flexibility index (Phi) is 12.3. The highest BCUT2D eigenvalue weighted by Crippen LogP contribution is 2.45. The van der Waals surface area contributed by atoms with Crippen LogP contribution in [-0.4, -0.2) is 19.0 Å². The van der Waals surface area contributed by atoms with E-state index >= 15 is 0 Å². The van der Waals surface area contributed by atoms with E-state index in [4.69, 9.17) is 9.47 Å². The Hall–Kier alpha value is -0.0800. The van der Waals surface area contributed by atoms with Crippen molar-refractivity contribution in [3.63, 3.8) is 0 Å². The first-order chi connectivity index (χ1) is 10.5. The van der Waals surface area contributed by atoms with Crippen molar-refractivity contribution in [2.75, 3.05) is 7.11 Å². The van der Waals surface area contributed by atoms with Gasteiger partial charge in [-0.2, -0.15) is 0 Å². The van der Waals surface area contributed by atoms with E-state index in [1.54, 1.807) is 7.11 Å². The maximum atomic E-state index is 6.12. The lowest BCUT2D eigenvalue weighted by Gasteiger charge is -2.29. The van der Waals surface area contributed by atoms with Gasteiger partial charge in [-0.1, -0.05) is 79.6 Å². The van der Waals surface area contributed by atoms with Crippen LogP contribution in [0.5, 0.6) is 0 Å². The molecule has 0 N–H and O–H groups in total. The summed E-state index contributed by atoms with van der Waals surface area (Å²) in [6.07, 6.45) is 12.1. The van der Waals surface area contributed by atoms with Gasteiger partial charge >= 0.3 is 0 Å². The molecule has 0 spiro atoms. The third kappa shape index (κ3) is 6.58. The van der Waals surface area contributed by atoms with Crippen molar-refractivity contribution < 1.29 is 9.47 Å². The molecule has 0 aromatic heterocycles. The Labute approximate surface area is 140 Å². The van der Waals surface area contributed by atoms with E-state index in [1.165, 1.54) is 44.9 Å². The van der Waals surface area contributed by atoms with Crippen LogP contribution in [0.25, 0.3) is 0 Å². The number of rotatable bonds is 9. The second kappa shape index (κ2) is 12.4. The van der Waals surface area contributed by atoms with Crippen molar-refractivity contribution in [1.29, 1.82) is 0 Å². The van der Waals surface area contributed by atoms with Crippen LogP contribution < -0.4 is 0 Å². The fourth-order valence-corrected chi connectivity index (χ4v) is 3.78. The topological polar surface area (TPSA) is 18.5 Å². The van der Waals surface area contributed by atoms with E-state index in [9.17, 15) is 0 Å². The second-order valence-corrected chi connectivity index (χ2v) is 6.81. The summed E-state index contributed by atoms with van der Waals surface area (Å²) in [4.78, 5) is 0. The highest BCUT2D eigenvalue weighted by Gasteiger charge is 2.50. The van der Waals surface area contributed by atoms with Gasteiger partial charge in [0.25, 0.3) is 0 Å². The van der Waals surface area contributed by atoms with E-state index in [-0.39, 0.29) is 5.79 Å². The minimum atomic E-state index is -0.352. The summed E-state index contributed by atoms with van der Waals surface area (Å²) in [5.74, 6) is 0.860. The molecule has 1 fully saturated rings. The van der Waals surface area contributed by atoms with Crippen LogP contribution in [0.15, 0.2) is 0 Å². The van der Waals surface area contributed by atoms with E-state index in [0.29, 0.717) is 17.9 Å². The van der Waals surface area contributed by atoms with Gasteiger partial charge in [-0.3, -0.25) is 0 Å². The predicted molar refractivity (Wildman–Crippen MR) is 97.2 cm³/mol. The molecule has 1 rings (SSSR count). The zero-order valence-electron chi connectivity index (χ0n) is 16.4. The van der Waals surface area contributed by atoms with Gasteiger partial charge in [0.05, 0.1) is 6.10 Å². The molecule has 0 radical (unpaired) electrons. The van der Waals surface area contributed by atoms with Crippen molar-refractivity contribution >= 4 is 0 Å². The predicted octanol–water partition coefficient (Wildman–Crippen LogP) is 6.58. The van der Waals surface area contributed by atoms with Crippen molar-refractivity contribution in [2.24, 2.45) is 11.8 Å². The van der Waals surface area contributed by atoms with E-state index in [0.717, 1.165) is 12.8 Å². The molecule has 0 aromatic carbocycles. The molecule has 2 heteroatoms. The van der Waals surface area contributed by atoms with Crippen LogP contribution in [0.1, 0.15) is 99.3 Å². The summed E-state index contributed by atoms with van der Waals surface area (Å²) in [6, 6.07) is 0. The Morgan fingerprint density at radius 2 is 1.45 bits per heavy atom. The van der Waals surface area contributed by atoms with E-state index in [1.807, 2.05) is 0 Å². The first-order valence-corrected chi connectivity index (χ1v) is 9.77. The third-order valence-electron chi connectivity index (χ3n) is 5.15. The monoisotopic (exact) mass is 314 g/mol. The van der Waals surface area contributed by atoms with Crippen molar-refractivity contribution in [3.8, 4) is 0 Å². The fraction of sp³-hybridized carbons (Fsp3) is 1.00. The molecule has 1 saturated heterocycles. The normalized spacial score (nSPS) is 31.0. The van der Waals surface area contributed by atoms with Crippen molar-refractivity contribution in [1.82, 2.24) is 0 Å². The maximum Gasteiger partial charge on any atom is 0.168 e. The molecule has 0 bridgehead atoms. The van der Waals surface area contributed by atoms with Gasteiger partial charge in [0.2, 0.25) is 0 Å². The molecule has 134 valence electrons. The van der Waals surface area contributed by atoms with Crippen LogP contribution in [0.4, 0.5) is 0 Å². The van der Waals surface area contributed by atoms with Gasteiger partial charge in [-0.25, -0.2) is 0 Å². The maximum absolute atomic E-state index is 6.12. The van der Waals surface area contributed by atoms with Gasteiger partial charge < -0.3 is 9.47 Å². The SMILES string of the molecule is CCCC1O[C@](C)(OC)C(CC)[C@@H]1CC.CCCCCCC. The summed E-state index contributed by atoms with van der Waals surface area (Å²) in [5.41, 5.74) is 0. The van der Waals surface area contributed by atoms with Gasteiger partial charge in [0, 0.05) is 13.0 Å². The Balaban J connectivity index is 0.000000534. The number of hydrogen-bond donors (Lipinski definition) is 0. The molecule has 2 nitrogen and oxygen atoms in total. The minimum absolute atomic E-state index is 0.352. The molecule has 0 aliphatic carbocycles. The molecule has 4 atom stereocenters. The number of unbranched alkanes of at least 4 members (excludes halogenated alkanes) is 4. The first kappa shape index (κ1) is 21.9. The standard InChI is InChI=1S/C13H26O2.C7H16/c1-6-9-12-10(7-2)11(8-3)13(4,14-5)15-12;1-3-5-7-6-4-2/h10-12H,6-9H2,1-5H3;3-7H2,1-2H3/t10-,11?,12?,13-;/m0./s1. The molecule has 1 heterocycles. The third-order valence-corrected chi connectivity index (χ3v) is 5.15. The molecule has 22 heavy (non-hydrogen) atoms. The average molecular weight is 315 g/mol. The van der Waals surface area contributed by atoms with Crippen LogP contribution >= 0.6 is 0 Å². The van der Waals surface area contributed by atoms with Crippen molar-refractivity contribution in [3.05, 3.63) is 0 Å². The first-order valence-electron chi connectivity index (χ1n) is 9.77. The van der Waals surface area contributed by atoms with E-state index < -0.39 is 0 Å². The molecule has 2 unspecified atom stereocenters. The lowest BCUT2D eigenvalue weighted by molar-refractivity contribution is -0.218. The average Bonchev–Trinajstić information content (AvgIpc) is 2.80. The molecule has 1 aliphatic rings. The summed E-state index contributed by atoms with van der Waals surface area (Å²) < 4.78 is 11.7. The van der Waals surface area contributed by atoms with Crippen LogP contribution in [0.3, 0.4) is 0 Å². The highest BCUT2D eigenvalue weighted by atomic mass is 16.7. The van der Waals surface area contributed by atoms with Crippen LogP contribution in [-0.2, 0) is 9.47 Å². The number of methoxy groups -OCH3 is 1. The molecule has 0 amide bonds. The summed E-state index contributed by atoms with van der Waals surface area (Å²) in [5, 5.41) is 0. The number of ether oxygens (including phenoxy) is 2. The lowest BCUT2D eigenvalue weighted by Crippen LogP contribution is -2.35. The Morgan fingerprint density at radius 1 is 0.864 bits per heavy atom. The molecular formula is C20H42O2. The Morgan fingerprint density at radius 3 is 1.82 bits per heavy atom. The highest BCUT2D eigenvalue weighted by molar-refractivity contribution is 4.92. The smallest absolute Gasteiger partial charge is 0.168 e. The molecule has 0 saturated carbocycles. The van der Waals surface area contributed by atoms with Gasteiger partial charge in [0.1, 0.15) is 0 Å². The van der Waals surface area contributed by atoms with E-state index in [2.05, 4.69) is 41.5 Å². The summed E-state index contributed by atoms with van der Waals surface area (Å²) in [6.45, 7) is 13.3. The van der Waals surface area contributed by atoms with Gasteiger partial charge in [0.15, 0.2) is 5.79 Å². The molecule has 1 aliphatic heterocycles. The quantitative estimate of drug-likeness (QED) is 0.448. The van der Waals surface area contributed by atoms with Crippen LogP contribution in [0.2, 0.25) is 0 Å².